The monoisotopic (exact) mass is 365 g/mol. The first-order chi connectivity index (χ1) is 12.1. The van der Waals surface area contributed by atoms with Gasteiger partial charge in [0, 0.05) is 29.3 Å². The van der Waals surface area contributed by atoms with Crippen molar-refractivity contribution in [2.45, 2.75) is 57.7 Å². The molecule has 1 aromatic carbocycles. The van der Waals surface area contributed by atoms with Gasteiger partial charge in [-0.25, -0.2) is 4.79 Å². The molecule has 3 N–H and O–H groups in total. The minimum absolute atomic E-state index is 0.0743. The second-order valence-electron chi connectivity index (χ2n) is 7.97. The molecule has 0 radical (unpaired) electrons. The lowest BCUT2D eigenvalue weighted by Gasteiger charge is -2.54. The van der Waals surface area contributed by atoms with Gasteiger partial charge in [-0.15, -0.1) is 0 Å². The van der Waals surface area contributed by atoms with Gasteiger partial charge in [-0.3, -0.25) is 0 Å². The first-order valence-corrected chi connectivity index (χ1v) is 8.72. The summed E-state index contributed by atoms with van der Waals surface area (Å²) in [5, 5.41) is 2.97. The first-order valence-electron chi connectivity index (χ1n) is 8.72. The first kappa shape index (κ1) is 20.2. The van der Waals surface area contributed by atoms with Crippen molar-refractivity contribution in [1.82, 2.24) is 4.90 Å². The predicted octanol–water partition coefficient (Wildman–Crippen LogP) is 3.22. The molecule has 146 valence electrons. The van der Waals surface area contributed by atoms with Crippen molar-refractivity contribution < 1.29 is 19.0 Å². The van der Waals surface area contributed by atoms with Crippen LogP contribution in [-0.2, 0) is 0 Å². The van der Waals surface area contributed by atoms with Crippen LogP contribution in [0.25, 0.3) is 0 Å². The Kier molecular flexibility index (Phi) is 5.61. The number of hydrogen-bond acceptors (Lipinski definition) is 5. The quantitative estimate of drug-likeness (QED) is 0.855. The summed E-state index contributed by atoms with van der Waals surface area (Å²) in [5.41, 5.74) is 6.07. The summed E-state index contributed by atoms with van der Waals surface area (Å²) < 4.78 is 16.0. The van der Waals surface area contributed by atoms with E-state index in [0.717, 1.165) is 12.8 Å². The molecule has 0 atom stereocenters. The predicted molar refractivity (Wildman–Crippen MR) is 102 cm³/mol. The average molecular weight is 365 g/mol. The number of hydrogen-bond donors (Lipinski definition) is 2. The molecule has 7 nitrogen and oxygen atoms in total. The van der Waals surface area contributed by atoms with Crippen molar-refractivity contribution in [2.75, 3.05) is 26.6 Å². The van der Waals surface area contributed by atoms with E-state index in [4.69, 9.17) is 19.9 Å². The Morgan fingerprint density at radius 2 is 1.50 bits per heavy atom. The number of urea groups is 1. The van der Waals surface area contributed by atoms with Gasteiger partial charge >= 0.3 is 6.03 Å². The zero-order chi connectivity index (χ0) is 19.7. The van der Waals surface area contributed by atoms with Crippen LogP contribution in [0.5, 0.6) is 17.2 Å². The molecule has 2 amide bonds. The highest BCUT2D eigenvalue weighted by atomic mass is 16.5. The largest absolute Gasteiger partial charge is 0.493 e. The van der Waals surface area contributed by atoms with Gasteiger partial charge in [0.25, 0.3) is 0 Å². The number of nitrogens with zero attached hydrogens (tertiary/aromatic N) is 1. The number of ether oxygens (including phenoxy) is 3. The minimum atomic E-state index is -0.355. The lowest BCUT2D eigenvalue weighted by Crippen LogP contribution is -2.66. The van der Waals surface area contributed by atoms with E-state index in [-0.39, 0.29) is 23.2 Å². The van der Waals surface area contributed by atoms with Crippen LogP contribution in [0.4, 0.5) is 10.5 Å². The third-order valence-corrected chi connectivity index (χ3v) is 4.85. The van der Waals surface area contributed by atoms with Crippen LogP contribution >= 0.6 is 0 Å². The van der Waals surface area contributed by atoms with E-state index >= 15 is 0 Å². The second-order valence-corrected chi connectivity index (χ2v) is 7.97. The fourth-order valence-electron chi connectivity index (χ4n) is 4.24. The van der Waals surface area contributed by atoms with Crippen molar-refractivity contribution in [3.63, 3.8) is 0 Å². The molecule has 0 aromatic heterocycles. The number of nitrogens with two attached hydrogens (primary N) is 1. The highest BCUT2D eigenvalue weighted by molar-refractivity contribution is 5.91. The number of carbonyl (C=O) groups is 1. The molecule has 7 heteroatoms. The molecule has 0 bridgehead atoms. The zero-order valence-electron chi connectivity index (χ0n) is 16.8. The molecular formula is C19H31N3O4. The molecule has 1 heterocycles. The Morgan fingerprint density at radius 3 is 1.88 bits per heavy atom. The maximum Gasteiger partial charge on any atom is 0.322 e. The number of anilines is 1. The Bertz CT molecular complexity index is 630. The molecule has 1 saturated heterocycles. The molecule has 1 aromatic rings. The summed E-state index contributed by atoms with van der Waals surface area (Å²) in [7, 11) is 4.63. The van der Waals surface area contributed by atoms with E-state index in [0.29, 0.717) is 22.9 Å². The van der Waals surface area contributed by atoms with E-state index in [1.54, 1.807) is 33.5 Å². The topological polar surface area (TPSA) is 86.1 Å². The Balaban J connectivity index is 2.34. The van der Waals surface area contributed by atoms with E-state index < -0.39 is 0 Å². The lowest BCUT2D eigenvalue weighted by atomic mass is 9.77. The van der Waals surface area contributed by atoms with Crippen LogP contribution in [0, 0.1) is 0 Å². The molecule has 0 saturated carbocycles. The van der Waals surface area contributed by atoms with Gasteiger partial charge in [0.2, 0.25) is 5.75 Å². The van der Waals surface area contributed by atoms with Gasteiger partial charge in [0.05, 0.1) is 27.0 Å². The van der Waals surface area contributed by atoms with Gasteiger partial charge < -0.3 is 30.2 Å². The molecule has 1 aliphatic heterocycles. The number of nitrogens with one attached hydrogen (secondary N) is 1. The summed E-state index contributed by atoms with van der Waals surface area (Å²) in [6, 6.07) is 3.33. The molecule has 0 aliphatic carbocycles. The number of benzene rings is 1. The van der Waals surface area contributed by atoms with Gasteiger partial charge in [0.1, 0.15) is 0 Å². The molecule has 2 rings (SSSR count). The summed E-state index contributed by atoms with van der Waals surface area (Å²) in [5.74, 6) is 1.46. The van der Waals surface area contributed by atoms with Crippen molar-refractivity contribution >= 4 is 11.7 Å². The van der Waals surface area contributed by atoms with Crippen molar-refractivity contribution in [3.8, 4) is 17.2 Å². The number of likely N-dealkylation sites (tertiary alicyclic amines) is 1. The minimum Gasteiger partial charge on any atom is -0.493 e. The van der Waals surface area contributed by atoms with Crippen LogP contribution in [0.3, 0.4) is 0 Å². The SMILES string of the molecule is COc1cc(NC(=O)N2C(C)(C)CC(N)CC2(C)C)cc(OC)c1OC. The van der Waals surface area contributed by atoms with Gasteiger partial charge in [-0.05, 0) is 40.5 Å². The van der Waals surface area contributed by atoms with E-state index in [2.05, 4.69) is 5.32 Å². The van der Waals surface area contributed by atoms with E-state index in [1.807, 2.05) is 32.6 Å². The number of amides is 2. The van der Waals surface area contributed by atoms with Gasteiger partial charge in [-0.2, -0.15) is 0 Å². The molecular weight excluding hydrogens is 334 g/mol. The normalized spacial score (nSPS) is 19.0. The van der Waals surface area contributed by atoms with Gasteiger partial charge in [0.15, 0.2) is 11.5 Å². The smallest absolute Gasteiger partial charge is 0.322 e. The maximum atomic E-state index is 13.1. The number of methoxy groups -OCH3 is 3. The van der Waals surface area contributed by atoms with Crippen LogP contribution in [0.1, 0.15) is 40.5 Å². The third-order valence-electron chi connectivity index (χ3n) is 4.85. The lowest BCUT2D eigenvalue weighted by molar-refractivity contribution is 0.00876. The van der Waals surface area contributed by atoms with Gasteiger partial charge in [-0.1, -0.05) is 0 Å². The summed E-state index contributed by atoms with van der Waals surface area (Å²) in [6.45, 7) is 8.18. The molecule has 26 heavy (non-hydrogen) atoms. The maximum absolute atomic E-state index is 13.1. The van der Waals surface area contributed by atoms with Crippen molar-refractivity contribution in [1.29, 1.82) is 0 Å². The Labute approximate surface area is 155 Å². The fourth-order valence-corrected chi connectivity index (χ4v) is 4.24. The summed E-state index contributed by atoms with van der Waals surface area (Å²) >= 11 is 0. The summed E-state index contributed by atoms with van der Waals surface area (Å²) in [6.07, 6.45) is 1.50. The van der Waals surface area contributed by atoms with Crippen LogP contribution < -0.4 is 25.3 Å². The van der Waals surface area contributed by atoms with E-state index in [9.17, 15) is 4.79 Å². The standard InChI is InChI=1S/C19H31N3O4/c1-18(2)10-12(20)11-19(3,4)22(18)17(23)21-13-8-14(24-5)16(26-7)15(9-13)25-6/h8-9,12H,10-11,20H2,1-7H3,(H,21,23). The van der Waals surface area contributed by atoms with Crippen LogP contribution in [-0.4, -0.2) is 49.4 Å². The Morgan fingerprint density at radius 1 is 1.04 bits per heavy atom. The highest BCUT2D eigenvalue weighted by Gasteiger charge is 2.47. The molecule has 0 unspecified atom stereocenters. The zero-order valence-corrected chi connectivity index (χ0v) is 16.8. The highest BCUT2D eigenvalue weighted by Crippen LogP contribution is 2.41. The van der Waals surface area contributed by atoms with Crippen LogP contribution in [0.15, 0.2) is 12.1 Å². The van der Waals surface area contributed by atoms with Crippen molar-refractivity contribution in [3.05, 3.63) is 12.1 Å². The average Bonchev–Trinajstić information content (AvgIpc) is 2.50. The number of carbonyl (C=O) groups excluding carboxylic acids is 1. The van der Waals surface area contributed by atoms with Crippen molar-refractivity contribution in [2.24, 2.45) is 5.73 Å². The van der Waals surface area contributed by atoms with Crippen LogP contribution in [0.2, 0.25) is 0 Å². The second kappa shape index (κ2) is 7.23. The summed E-state index contributed by atoms with van der Waals surface area (Å²) in [4.78, 5) is 15.0. The molecule has 1 aliphatic rings. The number of piperidine rings is 1. The molecule has 1 fully saturated rings. The number of rotatable bonds is 4. The van der Waals surface area contributed by atoms with E-state index in [1.165, 1.54) is 0 Å². The molecule has 0 spiro atoms. The Hall–Kier alpha value is -2.15. The fraction of sp³-hybridized carbons (Fsp3) is 0.632. The third kappa shape index (κ3) is 3.82.